The second-order valence-corrected chi connectivity index (χ2v) is 1.60. The van der Waals surface area contributed by atoms with Gasteiger partial charge in [0.15, 0.2) is 0 Å². The molecule has 0 bridgehead atoms. The van der Waals surface area contributed by atoms with Crippen molar-refractivity contribution in [3.8, 4) is 0 Å². The van der Waals surface area contributed by atoms with Crippen molar-refractivity contribution in [1.29, 1.82) is 0 Å². The van der Waals surface area contributed by atoms with Gasteiger partial charge >= 0.3 is 0 Å². The van der Waals surface area contributed by atoms with Gasteiger partial charge in [0, 0.05) is 6.54 Å². The van der Waals surface area contributed by atoms with Gasteiger partial charge in [0.2, 0.25) is 0 Å². The minimum atomic E-state index is 0.0972. The molecule has 0 saturated heterocycles. The normalized spacial score (nSPS) is 13.4. The van der Waals surface area contributed by atoms with Crippen molar-refractivity contribution < 1.29 is 9.84 Å². The van der Waals surface area contributed by atoms with Gasteiger partial charge in [0.25, 0.3) is 0 Å². The van der Waals surface area contributed by atoms with Crippen molar-refractivity contribution in [2.75, 3.05) is 19.8 Å². The molecule has 0 radical (unpaired) electrons. The number of aliphatic hydroxyl groups excluding tert-OH is 1. The van der Waals surface area contributed by atoms with Gasteiger partial charge in [-0.15, -0.1) is 0 Å². The molecule has 0 saturated carbocycles. The Balaban J connectivity index is 0.000000180. The molecule has 1 aliphatic rings. The van der Waals surface area contributed by atoms with Crippen LogP contribution in [0, 0.1) is 0 Å². The Morgan fingerprint density at radius 1 is 1.50 bits per heavy atom. The fourth-order valence-electron chi connectivity index (χ4n) is 0.346. The van der Waals surface area contributed by atoms with E-state index in [1.165, 1.54) is 0 Å². The summed E-state index contributed by atoms with van der Waals surface area (Å²) < 4.78 is 4.80. The molecule has 0 amide bonds. The highest BCUT2D eigenvalue weighted by atomic mass is 16.5. The zero-order chi connectivity index (χ0) is 7.66. The van der Waals surface area contributed by atoms with Crippen LogP contribution in [0.2, 0.25) is 0 Å². The maximum Gasteiger partial charge on any atom is 0.106 e. The number of hydrogen-bond donors (Lipinski definition) is 2. The molecular formula is C7H13NO2. The molecule has 1 aliphatic heterocycles. The van der Waals surface area contributed by atoms with Crippen molar-refractivity contribution in [3.63, 3.8) is 0 Å². The molecule has 0 aromatic carbocycles. The quantitative estimate of drug-likeness (QED) is 0.544. The largest absolute Gasteiger partial charge is 0.497 e. The Morgan fingerprint density at radius 3 is 2.30 bits per heavy atom. The lowest BCUT2D eigenvalue weighted by atomic mass is 10.5. The Hall–Kier alpha value is -0.800. The van der Waals surface area contributed by atoms with Gasteiger partial charge in [-0.2, -0.15) is 0 Å². The third kappa shape index (κ3) is 7.20. The van der Waals surface area contributed by atoms with E-state index in [1.807, 2.05) is 18.2 Å². The number of hydrogen-bond acceptors (Lipinski definition) is 3. The fraction of sp³-hybridized carbons (Fsp3) is 0.429. The lowest BCUT2D eigenvalue weighted by Crippen LogP contribution is -2.02. The SMILES string of the molecule is C1=CCOC=C1.NCCO. The monoisotopic (exact) mass is 143 g/mol. The maximum absolute atomic E-state index is 7.75. The molecule has 3 nitrogen and oxygen atoms in total. The van der Waals surface area contributed by atoms with Crippen LogP contribution in [-0.4, -0.2) is 24.9 Å². The molecule has 58 valence electrons. The van der Waals surface area contributed by atoms with Crippen molar-refractivity contribution in [1.82, 2.24) is 0 Å². The highest BCUT2D eigenvalue weighted by Gasteiger charge is 1.75. The second kappa shape index (κ2) is 8.20. The van der Waals surface area contributed by atoms with E-state index in [4.69, 9.17) is 15.6 Å². The Bertz CT molecular complexity index is 96.2. The van der Waals surface area contributed by atoms with Crippen LogP contribution in [-0.2, 0) is 4.74 Å². The van der Waals surface area contributed by atoms with Crippen LogP contribution in [0.25, 0.3) is 0 Å². The number of aliphatic hydroxyl groups is 1. The molecule has 3 N–H and O–H groups in total. The average molecular weight is 143 g/mol. The molecule has 10 heavy (non-hydrogen) atoms. The standard InChI is InChI=1S/C5H6O.C2H7NO/c1-2-4-6-5-3-1;3-1-2-4/h1-4H,5H2;4H,1-3H2. The third-order valence-corrected chi connectivity index (χ3v) is 0.744. The smallest absolute Gasteiger partial charge is 0.106 e. The van der Waals surface area contributed by atoms with Crippen LogP contribution in [0.1, 0.15) is 0 Å². The molecule has 0 aliphatic carbocycles. The van der Waals surface area contributed by atoms with E-state index in [9.17, 15) is 0 Å². The molecule has 0 aromatic rings. The molecule has 0 fully saturated rings. The summed E-state index contributed by atoms with van der Waals surface area (Å²) in [7, 11) is 0. The van der Waals surface area contributed by atoms with E-state index >= 15 is 0 Å². The van der Waals surface area contributed by atoms with Crippen molar-refractivity contribution >= 4 is 0 Å². The number of ether oxygens (including phenoxy) is 1. The van der Waals surface area contributed by atoms with E-state index in [0.717, 1.165) is 6.61 Å². The summed E-state index contributed by atoms with van der Waals surface area (Å²) >= 11 is 0. The topological polar surface area (TPSA) is 55.5 Å². The van der Waals surface area contributed by atoms with Crippen LogP contribution >= 0.6 is 0 Å². The van der Waals surface area contributed by atoms with Gasteiger partial charge in [0.05, 0.1) is 12.9 Å². The molecule has 0 unspecified atom stereocenters. The lowest BCUT2D eigenvalue weighted by Gasteiger charge is -1.94. The van der Waals surface area contributed by atoms with E-state index < -0.39 is 0 Å². The van der Waals surface area contributed by atoms with Crippen molar-refractivity contribution in [2.24, 2.45) is 5.73 Å². The van der Waals surface area contributed by atoms with Crippen LogP contribution in [0.15, 0.2) is 24.5 Å². The van der Waals surface area contributed by atoms with Crippen LogP contribution in [0.3, 0.4) is 0 Å². The molecule has 1 heterocycles. The van der Waals surface area contributed by atoms with Gasteiger partial charge in [0.1, 0.15) is 6.61 Å². The number of nitrogens with two attached hydrogens (primary N) is 1. The second-order valence-electron chi connectivity index (χ2n) is 1.60. The molecule has 3 heteroatoms. The molecule has 0 atom stereocenters. The van der Waals surface area contributed by atoms with Gasteiger partial charge in [-0.3, -0.25) is 0 Å². The summed E-state index contributed by atoms with van der Waals surface area (Å²) in [6.07, 6.45) is 7.47. The fourth-order valence-corrected chi connectivity index (χ4v) is 0.346. The van der Waals surface area contributed by atoms with Crippen LogP contribution < -0.4 is 5.73 Å². The summed E-state index contributed by atoms with van der Waals surface area (Å²) in [4.78, 5) is 0. The molecule has 1 rings (SSSR count). The Labute approximate surface area is 60.8 Å². The maximum atomic E-state index is 7.75. The minimum Gasteiger partial charge on any atom is -0.497 e. The molecule has 0 aromatic heterocycles. The van der Waals surface area contributed by atoms with Gasteiger partial charge in [-0.05, 0) is 12.2 Å². The van der Waals surface area contributed by atoms with E-state index in [2.05, 4.69) is 0 Å². The number of allylic oxidation sites excluding steroid dienone is 2. The Morgan fingerprint density at radius 2 is 2.20 bits per heavy atom. The van der Waals surface area contributed by atoms with Crippen molar-refractivity contribution in [3.05, 3.63) is 24.5 Å². The summed E-state index contributed by atoms with van der Waals surface area (Å²) in [5.74, 6) is 0. The highest BCUT2D eigenvalue weighted by molar-refractivity contribution is 5.02. The zero-order valence-electron chi connectivity index (χ0n) is 5.86. The zero-order valence-corrected chi connectivity index (χ0v) is 5.86. The van der Waals surface area contributed by atoms with Crippen LogP contribution in [0.5, 0.6) is 0 Å². The first-order chi connectivity index (χ1) is 4.91. The summed E-state index contributed by atoms with van der Waals surface area (Å²) in [5.41, 5.74) is 4.78. The molecule has 0 spiro atoms. The number of rotatable bonds is 1. The van der Waals surface area contributed by atoms with Gasteiger partial charge < -0.3 is 15.6 Å². The lowest BCUT2D eigenvalue weighted by molar-refractivity contribution is 0.286. The molecular weight excluding hydrogens is 130 g/mol. The van der Waals surface area contributed by atoms with Crippen LogP contribution in [0.4, 0.5) is 0 Å². The van der Waals surface area contributed by atoms with Crippen molar-refractivity contribution in [2.45, 2.75) is 0 Å². The summed E-state index contributed by atoms with van der Waals surface area (Å²) in [5, 5.41) is 7.75. The summed E-state index contributed by atoms with van der Waals surface area (Å²) in [6.45, 7) is 1.20. The Kier molecular flexibility index (Phi) is 7.54. The van der Waals surface area contributed by atoms with E-state index in [1.54, 1.807) is 6.26 Å². The van der Waals surface area contributed by atoms with E-state index in [0.29, 0.717) is 6.54 Å². The first kappa shape index (κ1) is 9.20. The first-order valence-corrected chi connectivity index (χ1v) is 3.16. The third-order valence-electron chi connectivity index (χ3n) is 0.744. The van der Waals surface area contributed by atoms with Gasteiger partial charge in [-0.25, -0.2) is 0 Å². The average Bonchev–Trinajstić information content (AvgIpc) is 2.08. The minimum absolute atomic E-state index is 0.0972. The highest BCUT2D eigenvalue weighted by Crippen LogP contribution is 1.87. The van der Waals surface area contributed by atoms with E-state index in [-0.39, 0.29) is 6.61 Å². The predicted octanol–water partition coefficient (Wildman–Crippen LogP) is 0.0239. The van der Waals surface area contributed by atoms with Gasteiger partial charge in [-0.1, -0.05) is 6.08 Å². The first-order valence-electron chi connectivity index (χ1n) is 3.16. The predicted molar refractivity (Wildman–Crippen MR) is 40.4 cm³/mol. The summed E-state index contributed by atoms with van der Waals surface area (Å²) in [6, 6.07) is 0.